The summed E-state index contributed by atoms with van der Waals surface area (Å²) in [5, 5.41) is 6.70. The minimum atomic E-state index is 0. The number of carbonyl (C=O) groups excluding carboxylic acids is 1. The number of halogens is 2. The van der Waals surface area contributed by atoms with Crippen LogP contribution in [0.5, 0.6) is 0 Å². The number of nitrogens with zero attached hydrogens (tertiary/aromatic N) is 2. The van der Waals surface area contributed by atoms with E-state index in [-0.39, 0.29) is 30.7 Å². The number of carbonyl (C=O) groups is 1. The Morgan fingerprint density at radius 2 is 2.00 bits per heavy atom. The number of thiophene rings is 1. The molecule has 1 amide bonds. The van der Waals surface area contributed by atoms with E-state index < -0.39 is 0 Å². The molecule has 20 heavy (non-hydrogen) atoms. The first-order valence-electron chi connectivity index (χ1n) is 6.62. The molecule has 0 radical (unpaired) electrons. The molecule has 4 nitrogen and oxygen atoms in total. The zero-order chi connectivity index (χ0) is 12.4. The second kappa shape index (κ2) is 8.08. The number of hydrogen-bond acceptors (Lipinski definition) is 4. The fourth-order valence-electron chi connectivity index (χ4n) is 2.72. The fraction of sp³-hybridized carbons (Fsp3) is 0.615. The van der Waals surface area contributed by atoms with E-state index in [1.165, 1.54) is 5.00 Å². The van der Waals surface area contributed by atoms with Crippen molar-refractivity contribution in [3.05, 3.63) is 17.5 Å². The van der Waals surface area contributed by atoms with Crippen molar-refractivity contribution < 1.29 is 4.79 Å². The molecular formula is C13H21Cl2N3OS. The highest BCUT2D eigenvalue weighted by molar-refractivity contribution is 7.14. The maximum absolute atomic E-state index is 12.3. The molecule has 2 fully saturated rings. The molecule has 0 aliphatic carbocycles. The molecule has 0 aromatic carbocycles. The predicted molar refractivity (Wildman–Crippen MR) is 88.6 cm³/mol. The minimum absolute atomic E-state index is 0. The summed E-state index contributed by atoms with van der Waals surface area (Å²) in [5.74, 6) is 0.573. The Morgan fingerprint density at radius 1 is 1.25 bits per heavy atom. The fourth-order valence-corrected chi connectivity index (χ4v) is 3.51. The van der Waals surface area contributed by atoms with Gasteiger partial charge >= 0.3 is 0 Å². The topological polar surface area (TPSA) is 35.6 Å². The molecule has 2 saturated heterocycles. The Hall–Kier alpha value is -0.490. The summed E-state index contributed by atoms with van der Waals surface area (Å²) < 4.78 is 0. The average Bonchev–Trinajstić information content (AvgIpc) is 3.11. The van der Waals surface area contributed by atoms with Gasteiger partial charge in [0.05, 0.1) is 10.9 Å². The lowest BCUT2D eigenvalue weighted by atomic mass is 10.1. The highest BCUT2D eigenvalue weighted by Crippen LogP contribution is 2.23. The van der Waals surface area contributed by atoms with Gasteiger partial charge in [-0.3, -0.25) is 4.79 Å². The molecule has 7 heteroatoms. The quantitative estimate of drug-likeness (QED) is 0.894. The van der Waals surface area contributed by atoms with E-state index in [4.69, 9.17) is 0 Å². The van der Waals surface area contributed by atoms with Crippen LogP contribution in [0, 0.1) is 5.92 Å². The molecule has 3 rings (SSSR count). The van der Waals surface area contributed by atoms with Crippen molar-refractivity contribution >= 4 is 47.1 Å². The van der Waals surface area contributed by atoms with Crippen LogP contribution in [-0.4, -0.2) is 50.1 Å². The van der Waals surface area contributed by atoms with Gasteiger partial charge in [-0.2, -0.15) is 0 Å². The lowest BCUT2D eigenvalue weighted by Crippen LogP contribution is -2.50. The van der Waals surface area contributed by atoms with Gasteiger partial charge in [-0.05, 0) is 30.5 Å². The Kier molecular flexibility index (Phi) is 7.09. The van der Waals surface area contributed by atoms with Gasteiger partial charge in [0.1, 0.15) is 0 Å². The zero-order valence-electron chi connectivity index (χ0n) is 11.3. The number of piperazine rings is 1. The summed E-state index contributed by atoms with van der Waals surface area (Å²) >= 11 is 1.78. The second-order valence-corrected chi connectivity index (χ2v) is 5.88. The van der Waals surface area contributed by atoms with Gasteiger partial charge < -0.3 is 15.1 Å². The molecule has 114 valence electrons. The lowest BCUT2D eigenvalue weighted by molar-refractivity contribution is -0.135. The first-order chi connectivity index (χ1) is 8.84. The van der Waals surface area contributed by atoms with Crippen molar-refractivity contribution in [1.82, 2.24) is 10.2 Å². The third kappa shape index (κ3) is 3.79. The molecule has 2 aliphatic heterocycles. The summed E-state index contributed by atoms with van der Waals surface area (Å²) in [4.78, 5) is 16.7. The van der Waals surface area contributed by atoms with Crippen LogP contribution in [0.4, 0.5) is 5.00 Å². The van der Waals surface area contributed by atoms with E-state index in [0.717, 1.165) is 45.7 Å². The van der Waals surface area contributed by atoms with Crippen molar-refractivity contribution in [2.24, 2.45) is 5.92 Å². The van der Waals surface area contributed by atoms with Crippen LogP contribution in [0.25, 0.3) is 0 Å². The maximum atomic E-state index is 12.3. The van der Waals surface area contributed by atoms with Gasteiger partial charge in [0.2, 0.25) is 5.91 Å². The standard InChI is InChI=1S/C13H19N3OS.2ClH/c17-13(11-3-4-14-10-11)16-7-5-15(6-8-16)12-2-1-9-18-12;;/h1-2,9,11,14H,3-8,10H2;2*1H. The molecule has 0 saturated carbocycles. The second-order valence-electron chi connectivity index (χ2n) is 4.95. The van der Waals surface area contributed by atoms with E-state index in [2.05, 4.69) is 27.7 Å². The van der Waals surface area contributed by atoms with Gasteiger partial charge in [0, 0.05) is 32.7 Å². The number of nitrogens with one attached hydrogen (secondary N) is 1. The monoisotopic (exact) mass is 337 g/mol. The largest absolute Gasteiger partial charge is 0.360 e. The van der Waals surface area contributed by atoms with Crippen LogP contribution < -0.4 is 10.2 Å². The van der Waals surface area contributed by atoms with Crippen LogP contribution >= 0.6 is 36.2 Å². The van der Waals surface area contributed by atoms with E-state index in [9.17, 15) is 4.79 Å². The van der Waals surface area contributed by atoms with Gasteiger partial charge in [-0.1, -0.05) is 0 Å². The summed E-state index contributed by atoms with van der Waals surface area (Å²) in [6.07, 6.45) is 1.00. The predicted octanol–water partition coefficient (Wildman–Crippen LogP) is 1.85. The van der Waals surface area contributed by atoms with E-state index in [1.54, 1.807) is 11.3 Å². The smallest absolute Gasteiger partial charge is 0.227 e. The number of hydrogen-bond donors (Lipinski definition) is 1. The van der Waals surface area contributed by atoms with Crippen LogP contribution in [0.1, 0.15) is 6.42 Å². The van der Waals surface area contributed by atoms with Gasteiger partial charge in [0.15, 0.2) is 0 Å². The Morgan fingerprint density at radius 3 is 2.55 bits per heavy atom. The van der Waals surface area contributed by atoms with Crippen molar-refractivity contribution in [2.75, 3.05) is 44.2 Å². The average molecular weight is 338 g/mol. The highest BCUT2D eigenvalue weighted by Gasteiger charge is 2.29. The Balaban J connectivity index is 0.000001000. The summed E-state index contributed by atoms with van der Waals surface area (Å²) in [5.41, 5.74) is 0. The van der Waals surface area contributed by atoms with Crippen LogP contribution in [0.15, 0.2) is 17.5 Å². The maximum Gasteiger partial charge on any atom is 0.227 e. The van der Waals surface area contributed by atoms with E-state index in [1.807, 2.05) is 4.90 Å². The normalized spacial score (nSPS) is 22.1. The minimum Gasteiger partial charge on any atom is -0.360 e. The summed E-state index contributed by atoms with van der Waals surface area (Å²) in [7, 11) is 0. The van der Waals surface area contributed by atoms with E-state index in [0.29, 0.717) is 5.91 Å². The molecular weight excluding hydrogens is 317 g/mol. The van der Waals surface area contributed by atoms with Gasteiger partial charge in [-0.25, -0.2) is 0 Å². The van der Waals surface area contributed by atoms with Crippen molar-refractivity contribution in [2.45, 2.75) is 6.42 Å². The third-order valence-electron chi connectivity index (χ3n) is 3.82. The number of anilines is 1. The van der Waals surface area contributed by atoms with Crippen molar-refractivity contribution in [3.63, 3.8) is 0 Å². The third-order valence-corrected chi connectivity index (χ3v) is 4.75. The van der Waals surface area contributed by atoms with Gasteiger partial charge in [-0.15, -0.1) is 36.2 Å². The molecule has 0 bridgehead atoms. The first kappa shape index (κ1) is 17.6. The molecule has 1 aromatic rings. The van der Waals surface area contributed by atoms with Crippen LogP contribution in [0.3, 0.4) is 0 Å². The molecule has 0 spiro atoms. The first-order valence-corrected chi connectivity index (χ1v) is 7.50. The highest BCUT2D eigenvalue weighted by atomic mass is 35.5. The molecule has 1 N–H and O–H groups in total. The molecule has 2 aliphatic rings. The Bertz CT molecular complexity index is 402. The molecule has 1 unspecified atom stereocenters. The zero-order valence-corrected chi connectivity index (χ0v) is 13.7. The SMILES string of the molecule is Cl.Cl.O=C(C1CCNC1)N1CCN(c2cccs2)CC1. The van der Waals surface area contributed by atoms with E-state index >= 15 is 0 Å². The summed E-state index contributed by atoms with van der Waals surface area (Å²) in [6.45, 7) is 5.52. The van der Waals surface area contributed by atoms with Crippen LogP contribution in [-0.2, 0) is 4.79 Å². The Labute approximate surface area is 136 Å². The molecule has 1 atom stereocenters. The van der Waals surface area contributed by atoms with Crippen molar-refractivity contribution in [3.8, 4) is 0 Å². The lowest BCUT2D eigenvalue weighted by Gasteiger charge is -2.36. The number of amides is 1. The van der Waals surface area contributed by atoms with Crippen molar-refractivity contribution in [1.29, 1.82) is 0 Å². The molecule has 1 aromatic heterocycles. The van der Waals surface area contributed by atoms with Crippen LogP contribution in [0.2, 0.25) is 0 Å². The van der Waals surface area contributed by atoms with Gasteiger partial charge in [0.25, 0.3) is 0 Å². The number of rotatable bonds is 2. The summed E-state index contributed by atoms with van der Waals surface area (Å²) in [6, 6.07) is 4.24. The molecule has 3 heterocycles.